The van der Waals surface area contributed by atoms with E-state index in [1.807, 2.05) is 6.92 Å². The number of benzene rings is 1. The topological polar surface area (TPSA) is 69.6 Å². The summed E-state index contributed by atoms with van der Waals surface area (Å²) in [6.07, 6.45) is 4.69. The van der Waals surface area contributed by atoms with Crippen LogP contribution in [0.15, 0.2) is 35.9 Å². The van der Waals surface area contributed by atoms with E-state index >= 15 is 0 Å². The van der Waals surface area contributed by atoms with Gasteiger partial charge >= 0.3 is 0 Å². The van der Waals surface area contributed by atoms with Crippen molar-refractivity contribution in [2.45, 2.75) is 46.0 Å². The molecule has 1 aliphatic rings. The molecule has 2 rings (SSSR count). The normalized spacial score (nSPS) is 20.4. The van der Waals surface area contributed by atoms with Crippen LogP contribution in [0.25, 0.3) is 0 Å². The van der Waals surface area contributed by atoms with Crippen LogP contribution in [0.5, 0.6) is 11.5 Å². The van der Waals surface area contributed by atoms with Crippen LogP contribution in [0.1, 0.15) is 50.7 Å². The van der Waals surface area contributed by atoms with Gasteiger partial charge in [0.05, 0.1) is 0 Å². The first-order valence-corrected chi connectivity index (χ1v) is 8.41. The molecule has 0 aromatic heterocycles. The number of phenolic OH excluding ortho intramolecular Hbond substituents is 2. The summed E-state index contributed by atoms with van der Waals surface area (Å²) < 4.78 is 0. The Morgan fingerprint density at radius 1 is 1.29 bits per heavy atom. The van der Waals surface area contributed by atoms with Crippen LogP contribution in [-0.4, -0.2) is 22.7 Å². The highest BCUT2D eigenvalue weighted by atomic mass is 16.3. The van der Waals surface area contributed by atoms with E-state index in [-0.39, 0.29) is 29.2 Å². The Bertz CT molecular complexity index is 652. The number of amides is 1. The highest BCUT2D eigenvalue weighted by Gasteiger charge is 2.30. The molecule has 0 aliphatic heterocycles. The molecule has 0 spiro atoms. The molecule has 1 amide bonds. The van der Waals surface area contributed by atoms with Crippen LogP contribution in [-0.2, 0) is 11.2 Å². The first-order valence-electron chi connectivity index (χ1n) is 8.41. The highest BCUT2D eigenvalue weighted by molar-refractivity contribution is 5.72. The molecule has 1 aromatic carbocycles. The van der Waals surface area contributed by atoms with Gasteiger partial charge in [-0.2, -0.15) is 0 Å². The first-order chi connectivity index (χ1) is 11.3. The van der Waals surface area contributed by atoms with Gasteiger partial charge in [0.2, 0.25) is 5.91 Å². The lowest BCUT2D eigenvalue weighted by Crippen LogP contribution is -2.22. The Morgan fingerprint density at radius 3 is 2.46 bits per heavy atom. The number of carbonyl (C=O) groups is 1. The minimum absolute atomic E-state index is 0.0550. The van der Waals surface area contributed by atoms with Gasteiger partial charge in [0, 0.05) is 24.9 Å². The summed E-state index contributed by atoms with van der Waals surface area (Å²) >= 11 is 0. The van der Waals surface area contributed by atoms with Crippen molar-refractivity contribution in [2.24, 2.45) is 5.92 Å². The van der Waals surface area contributed by atoms with E-state index in [2.05, 4.69) is 24.9 Å². The van der Waals surface area contributed by atoms with Crippen LogP contribution in [0.4, 0.5) is 0 Å². The third-order valence-electron chi connectivity index (χ3n) is 4.70. The Labute approximate surface area is 143 Å². The number of phenols is 2. The first kappa shape index (κ1) is 18.1. The fourth-order valence-electron chi connectivity index (χ4n) is 3.45. The molecule has 0 unspecified atom stereocenters. The predicted molar refractivity (Wildman–Crippen MR) is 96.2 cm³/mol. The number of allylic oxidation sites excluding steroid dienone is 3. The smallest absolute Gasteiger partial charge is 0.216 e. The van der Waals surface area contributed by atoms with Crippen LogP contribution in [0.3, 0.4) is 0 Å². The molecule has 1 aliphatic carbocycles. The summed E-state index contributed by atoms with van der Waals surface area (Å²) in [5, 5.41) is 23.7. The van der Waals surface area contributed by atoms with Gasteiger partial charge in [0.25, 0.3) is 0 Å². The maximum atomic E-state index is 10.9. The molecular formula is C20H27NO3. The van der Waals surface area contributed by atoms with Crippen molar-refractivity contribution in [2.75, 3.05) is 6.54 Å². The third-order valence-corrected chi connectivity index (χ3v) is 4.70. The predicted octanol–water partition coefficient (Wildman–Crippen LogP) is 3.79. The molecule has 0 radical (unpaired) electrons. The van der Waals surface area contributed by atoms with Crippen LogP contribution >= 0.6 is 0 Å². The fourth-order valence-corrected chi connectivity index (χ4v) is 3.45. The Hall–Kier alpha value is -2.23. The van der Waals surface area contributed by atoms with Crippen LogP contribution in [0.2, 0.25) is 0 Å². The fraction of sp³-hybridized carbons (Fsp3) is 0.450. The minimum Gasteiger partial charge on any atom is -0.507 e. The molecule has 0 saturated heterocycles. The van der Waals surface area contributed by atoms with Crippen LogP contribution < -0.4 is 5.32 Å². The van der Waals surface area contributed by atoms with E-state index < -0.39 is 0 Å². The lowest BCUT2D eigenvalue weighted by molar-refractivity contribution is -0.118. The lowest BCUT2D eigenvalue weighted by Gasteiger charge is -2.31. The van der Waals surface area contributed by atoms with Gasteiger partial charge in [-0.05, 0) is 56.7 Å². The molecule has 3 N–H and O–H groups in total. The quantitative estimate of drug-likeness (QED) is 0.720. The van der Waals surface area contributed by atoms with Gasteiger partial charge in [0.1, 0.15) is 11.5 Å². The van der Waals surface area contributed by atoms with Gasteiger partial charge in [-0.15, -0.1) is 0 Å². The summed E-state index contributed by atoms with van der Waals surface area (Å²) in [6, 6.07) is 3.37. The summed E-state index contributed by atoms with van der Waals surface area (Å²) in [7, 11) is 0. The molecule has 2 atom stereocenters. The monoisotopic (exact) mass is 329 g/mol. The number of carbonyl (C=O) groups excluding carboxylic acids is 1. The zero-order chi connectivity index (χ0) is 17.9. The summed E-state index contributed by atoms with van der Waals surface area (Å²) in [4.78, 5) is 10.9. The minimum atomic E-state index is -0.0906. The molecule has 4 heteroatoms. The number of rotatable bonds is 5. The molecule has 0 fully saturated rings. The second kappa shape index (κ2) is 7.56. The molecule has 130 valence electrons. The maximum Gasteiger partial charge on any atom is 0.216 e. The molecule has 0 saturated carbocycles. The second-order valence-corrected chi connectivity index (χ2v) is 6.81. The standard InChI is InChI=1S/C20H27NO3/c1-12(2)16-6-5-13(3)9-17(16)20-18(23)10-15(11-19(20)24)7-8-21-14(4)22/h9-11,16-17,23-24H,1,5-8H2,2-4H3,(H,21,22)/t16-,17+/m0/s1. The number of hydrogen-bond donors (Lipinski definition) is 3. The van der Waals surface area contributed by atoms with Gasteiger partial charge in [-0.1, -0.05) is 23.8 Å². The van der Waals surface area contributed by atoms with Crippen molar-refractivity contribution in [3.8, 4) is 11.5 Å². The molecule has 0 bridgehead atoms. The van der Waals surface area contributed by atoms with E-state index in [1.54, 1.807) is 12.1 Å². The molecule has 24 heavy (non-hydrogen) atoms. The summed E-state index contributed by atoms with van der Waals surface area (Å²) in [5.74, 6) is 0.286. The van der Waals surface area contributed by atoms with Crippen LogP contribution in [0, 0.1) is 5.92 Å². The zero-order valence-corrected chi connectivity index (χ0v) is 14.7. The van der Waals surface area contributed by atoms with Crippen molar-refractivity contribution in [3.63, 3.8) is 0 Å². The highest BCUT2D eigenvalue weighted by Crippen LogP contribution is 2.46. The average molecular weight is 329 g/mol. The average Bonchev–Trinajstić information content (AvgIpc) is 2.45. The Morgan fingerprint density at radius 2 is 1.92 bits per heavy atom. The number of aromatic hydroxyl groups is 2. The van der Waals surface area contributed by atoms with E-state index in [1.165, 1.54) is 12.5 Å². The van der Waals surface area contributed by atoms with Crippen molar-refractivity contribution >= 4 is 5.91 Å². The maximum absolute atomic E-state index is 10.9. The summed E-state index contributed by atoms with van der Waals surface area (Å²) in [5.41, 5.74) is 3.71. The van der Waals surface area contributed by atoms with Gasteiger partial charge in [-0.3, -0.25) is 4.79 Å². The molecular weight excluding hydrogens is 302 g/mol. The van der Waals surface area contributed by atoms with Gasteiger partial charge in [0.15, 0.2) is 0 Å². The Balaban J connectivity index is 2.31. The van der Waals surface area contributed by atoms with E-state index in [4.69, 9.17) is 0 Å². The zero-order valence-electron chi connectivity index (χ0n) is 14.7. The molecule has 0 heterocycles. The number of nitrogens with one attached hydrogen (secondary N) is 1. The van der Waals surface area contributed by atoms with Crippen molar-refractivity contribution < 1.29 is 15.0 Å². The van der Waals surface area contributed by atoms with Crippen molar-refractivity contribution in [1.82, 2.24) is 5.32 Å². The molecule has 1 aromatic rings. The Kier molecular flexibility index (Phi) is 5.71. The van der Waals surface area contributed by atoms with Crippen molar-refractivity contribution in [3.05, 3.63) is 47.1 Å². The van der Waals surface area contributed by atoms with E-state index in [0.717, 1.165) is 24.0 Å². The van der Waals surface area contributed by atoms with E-state index in [9.17, 15) is 15.0 Å². The largest absolute Gasteiger partial charge is 0.507 e. The third kappa shape index (κ3) is 4.19. The SMILES string of the molecule is C=C(C)[C@@H]1CCC(C)=C[C@H]1c1c(O)cc(CCNC(C)=O)cc1O. The lowest BCUT2D eigenvalue weighted by atomic mass is 9.73. The van der Waals surface area contributed by atoms with Gasteiger partial charge < -0.3 is 15.5 Å². The number of hydrogen-bond acceptors (Lipinski definition) is 3. The summed E-state index contributed by atoms with van der Waals surface area (Å²) in [6.45, 7) is 10.1. The second-order valence-electron chi connectivity index (χ2n) is 6.81. The van der Waals surface area contributed by atoms with E-state index in [0.29, 0.717) is 18.5 Å². The van der Waals surface area contributed by atoms with Crippen molar-refractivity contribution in [1.29, 1.82) is 0 Å². The van der Waals surface area contributed by atoms with Gasteiger partial charge in [-0.25, -0.2) is 0 Å². The molecule has 4 nitrogen and oxygen atoms in total.